The summed E-state index contributed by atoms with van der Waals surface area (Å²) in [5.41, 5.74) is 2.55. The van der Waals surface area contributed by atoms with Gasteiger partial charge in [-0.15, -0.1) is 5.92 Å². The quantitative estimate of drug-likeness (QED) is 0.163. The fraction of sp³-hybridized carbons (Fsp3) is 0.714. The van der Waals surface area contributed by atoms with Crippen LogP contribution in [-0.4, -0.2) is 15.6 Å². The highest BCUT2D eigenvalue weighted by Gasteiger charge is 2.27. The zero-order valence-electron chi connectivity index (χ0n) is 21.4. The average Bonchev–Trinajstić information content (AvgIpc) is 2.72. The summed E-state index contributed by atoms with van der Waals surface area (Å²) in [5.74, 6) is 6.46. The predicted octanol–water partition coefficient (Wildman–Crippen LogP) is 8.39. The minimum absolute atomic E-state index is 0.0555. The van der Waals surface area contributed by atoms with Gasteiger partial charge in [0, 0.05) is 6.42 Å². The first kappa shape index (κ1) is 28.0. The molecule has 2 nitrogen and oxygen atoms in total. The standard InChI is InChI=1S/C28H48O2Si/c1-8-9-10-11-12-13-14-15-16-17-18-23-29-24(2)25-19-21-26(22-20-25)27(28(3,4)5)30-31(6)7/h19-22,24,27,31H,8-16,23H2,1-7H3. The van der Waals surface area contributed by atoms with Crippen LogP contribution in [0.4, 0.5) is 0 Å². The zero-order valence-corrected chi connectivity index (χ0v) is 22.6. The van der Waals surface area contributed by atoms with Gasteiger partial charge in [0.05, 0.1) is 12.2 Å². The Morgan fingerprint density at radius 1 is 0.839 bits per heavy atom. The van der Waals surface area contributed by atoms with Gasteiger partial charge >= 0.3 is 0 Å². The summed E-state index contributed by atoms with van der Waals surface area (Å²) in [7, 11) is -1.11. The molecule has 2 unspecified atom stereocenters. The molecule has 0 aliphatic heterocycles. The fourth-order valence-corrected chi connectivity index (χ4v) is 4.86. The summed E-state index contributed by atoms with van der Waals surface area (Å²) in [5, 5.41) is 0. The summed E-state index contributed by atoms with van der Waals surface area (Å²) in [6.07, 6.45) is 12.0. The molecule has 0 spiro atoms. The van der Waals surface area contributed by atoms with Crippen LogP contribution in [0.3, 0.4) is 0 Å². The molecule has 0 saturated heterocycles. The number of hydrogen-bond donors (Lipinski definition) is 0. The van der Waals surface area contributed by atoms with Gasteiger partial charge < -0.3 is 9.16 Å². The minimum atomic E-state index is -1.11. The largest absolute Gasteiger partial charge is 0.413 e. The van der Waals surface area contributed by atoms with Crippen molar-refractivity contribution in [1.29, 1.82) is 0 Å². The van der Waals surface area contributed by atoms with Crippen molar-refractivity contribution in [2.24, 2.45) is 5.41 Å². The third-order valence-corrected chi connectivity index (χ3v) is 6.41. The van der Waals surface area contributed by atoms with Crippen LogP contribution >= 0.6 is 0 Å². The van der Waals surface area contributed by atoms with Crippen molar-refractivity contribution in [3.8, 4) is 11.8 Å². The Morgan fingerprint density at radius 3 is 1.94 bits per heavy atom. The molecule has 0 saturated carbocycles. The number of rotatable bonds is 14. The predicted molar refractivity (Wildman–Crippen MR) is 138 cm³/mol. The molecule has 0 amide bonds. The normalized spacial score (nSPS) is 13.7. The van der Waals surface area contributed by atoms with Gasteiger partial charge in [-0.25, -0.2) is 0 Å². The van der Waals surface area contributed by atoms with E-state index < -0.39 is 9.04 Å². The Labute approximate surface area is 195 Å². The summed E-state index contributed by atoms with van der Waals surface area (Å²) < 4.78 is 12.3. The molecule has 3 heteroatoms. The lowest BCUT2D eigenvalue weighted by Gasteiger charge is -2.33. The summed E-state index contributed by atoms with van der Waals surface area (Å²) in [6, 6.07) is 8.77. The smallest absolute Gasteiger partial charge is 0.171 e. The van der Waals surface area contributed by atoms with Crippen molar-refractivity contribution >= 4 is 9.04 Å². The van der Waals surface area contributed by atoms with Gasteiger partial charge in [-0.3, -0.25) is 0 Å². The lowest BCUT2D eigenvalue weighted by Crippen LogP contribution is -2.25. The Hall–Kier alpha value is -1.08. The lowest BCUT2D eigenvalue weighted by molar-refractivity contribution is 0.0855. The van der Waals surface area contributed by atoms with Gasteiger partial charge in [-0.05, 0) is 43.0 Å². The number of ether oxygens (including phenoxy) is 1. The van der Waals surface area contributed by atoms with Crippen molar-refractivity contribution in [3.05, 3.63) is 35.4 Å². The molecular formula is C28H48O2Si. The first-order chi connectivity index (χ1) is 14.8. The minimum Gasteiger partial charge on any atom is -0.413 e. The molecule has 0 bridgehead atoms. The summed E-state index contributed by atoms with van der Waals surface area (Å²) >= 11 is 0. The maximum absolute atomic E-state index is 6.34. The van der Waals surface area contributed by atoms with Crippen LogP contribution in [0.2, 0.25) is 13.1 Å². The maximum atomic E-state index is 6.34. The van der Waals surface area contributed by atoms with Crippen molar-refractivity contribution in [1.82, 2.24) is 0 Å². The molecule has 0 radical (unpaired) electrons. The molecule has 0 heterocycles. The molecule has 2 atom stereocenters. The van der Waals surface area contributed by atoms with E-state index in [4.69, 9.17) is 9.16 Å². The molecule has 1 aromatic rings. The first-order valence-electron chi connectivity index (χ1n) is 12.6. The monoisotopic (exact) mass is 444 g/mol. The lowest BCUT2D eigenvalue weighted by atomic mass is 9.84. The Balaban J connectivity index is 2.34. The van der Waals surface area contributed by atoms with E-state index in [0.717, 1.165) is 6.42 Å². The average molecular weight is 445 g/mol. The van der Waals surface area contributed by atoms with Crippen LogP contribution < -0.4 is 0 Å². The second kappa shape index (κ2) is 15.7. The van der Waals surface area contributed by atoms with Crippen LogP contribution in [0.1, 0.15) is 116 Å². The van der Waals surface area contributed by atoms with E-state index in [2.05, 4.69) is 83.8 Å². The Kier molecular flexibility index (Phi) is 14.1. The van der Waals surface area contributed by atoms with Crippen LogP contribution in [-0.2, 0) is 9.16 Å². The van der Waals surface area contributed by atoms with Crippen molar-refractivity contribution < 1.29 is 9.16 Å². The number of benzene rings is 1. The van der Waals surface area contributed by atoms with Crippen molar-refractivity contribution in [2.45, 2.75) is 118 Å². The van der Waals surface area contributed by atoms with E-state index >= 15 is 0 Å². The molecular weight excluding hydrogens is 396 g/mol. The molecule has 176 valence electrons. The summed E-state index contributed by atoms with van der Waals surface area (Å²) in [6.45, 7) is 16.1. The molecule has 0 aliphatic rings. The van der Waals surface area contributed by atoms with Crippen LogP contribution in [0, 0.1) is 17.3 Å². The van der Waals surface area contributed by atoms with Gasteiger partial charge in [-0.2, -0.15) is 0 Å². The molecule has 1 rings (SSSR count). The fourth-order valence-electron chi connectivity index (χ4n) is 3.75. The van der Waals surface area contributed by atoms with Crippen LogP contribution in [0.5, 0.6) is 0 Å². The molecule has 0 N–H and O–H groups in total. The third-order valence-electron chi connectivity index (χ3n) is 5.59. The van der Waals surface area contributed by atoms with Gasteiger partial charge in [0.15, 0.2) is 9.04 Å². The first-order valence-corrected chi connectivity index (χ1v) is 15.4. The maximum Gasteiger partial charge on any atom is 0.171 e. The zero-order chi connectivity index (χ0) is 23.1. The second-order valence-electron chi connectivity index (χ2n) is 10.1. The van der Waals surface area contributed by atoms with Gasteiger partial charge in [-0.1, -0.05) is 103 Å². The SMILES string of the molecule is CCCCCCCCCCC#CCOC(C)c1ccc(C(O[SiH](C)C)C(C)(C)C)cc1. The van der Waals surface area contributed by atoms with Crippen molar-refractivity contribution in [2.75, 3.05) is 6.61 Å². The summed E-state index contributed by atoms with van der Waals surface area (Å²) in [4.78, 5) is 0. The van der Waals surface area contributed by atoms with E-state index in [1.165, 1.54) is 62.5 Å². The van der Waals surface area contributed by atoms with Crippen LogP contribution in [0.25, 0.3) is 0 Å². The topological polar surface area (TPSA) is 18.5 Å². The van der Waals surface area contributed by atoms with E-state index in [9.17, 15) is 0 Å². The molecule has 0 aromatic heterocycles. The highest BCUT2D eigenvalue weighted by Crippen LogP contribution is 2.37. The number of unbranched alkanes of at least 4 members (excludes halogenated alkanes) is 8. The van der Waals surface area contributed by atoms with E-state index in [1.54, 1.807) is 0 Å². The Bertz CT molecular complexity index is 634. The van der Waals surface area contributed by atoms with Crippen LogP contribution in [0.15, 0.2) is 24.3 Å². The molecule has 0 aliphatic carbocycles. The van der Waals surface area contributed by atoms with Gasteiger partial charge in [0.1, 0.15) is 6.61 Å². The molecule has 1 aromatic carbocycles. The highest BCUT2D eigenvalue weighted by atomic mass is 28.3. The second-order valence-corrected chi connectivity index (χ2v) is 12.5. The van der Waals surface area contributed by atoms with E-state index in [-0.39, 0.29) is 17.6 Å². The van der Waals surface area contributed by atoms with E-state index in [0.29, 0.717) is 6.61 Å². The highest BCUT2D eigenvalue weighted by molar-refractivity contribution is 6.48. The van der Waals surface area contributed by atoms with Gasteiger partial charge in [0.25, 0.3) is 0 Å². The van der Waals surface area contributed by atoms with Gasteiger partial charge in [0.2, 0.25) is 0 Å². The number of hydrogen-bond acceptors (Lipinski definition) is 2. The van der Waals surface area contributed by atoms with Crippen molar-refractivity contribution in [3.63, 3.8) is 0 Å². The van der Waals surface area contributed by atoms with E-state index in [1.807, 2.05) is 0 Å². The Morgan fingerprint density at radius 2 is 1.39 bits per heavy atom. The molecule has 31 heavy (non-hydrogen) atoms. The third kappa shape index (κ3) is 12.5. The molecule has 0 fully saturated rings.